The molecule has 2 aromatic heterocycles. The average molecular weight is 335 g/mol. The van der Waals surface area contributed by atoms with Crippen molar-refractivity contribution in [3.05, 3.63) is 47.9 Å². The third kappa shape index (κ3) is 3.42. The third-order valence-corrected chi connectivity index (χ3v) is 3.87. The van der Waals surface area contributed by atoms with Gasteiger partial charge in [-0.25, -0.2) is 4.98 Å². The van der Waals surface area contributed by atoms with Gasteiger partial charge in [0.2, 0.25) is 5.91 Å². The van der Waals surface area contributed by atoms with Crippen LogP contribution in [0.1, 0.15) is 17.7 Å². The molecule has 0 saturated heterocycles. The number of carbonyl (C=O) groups excluding carboxylic acids is 1. The molecular formula is C17H17N7O. The Hall–Kier alpha value is -3.42. The highest BCUT2D eigenvalue weighted by atomic mass is 16.1. The predicted octanol–water partition coefficient (Wildman–Crippen LogP) is 2.88. The number of amides is 1. The molecule has 3 heterocycles. The van der Waals surface area contributed by atoms with E-state index >= 15 is 0 Å². The number of benzene rings is 1. The van der Waals surface area contributed by atoms with Crippen molar-refractivity contribution in [3.63, 3.8) is 0 Å². The van der Waals surface area contributed by atoms with E-state index in [9.17, 15) is 4.79 Å². The van der Waals surface area contributed by atoms with E-state index in [0.29, 0.717) is 23.9 Å². The first-order chi connectivity index (χ1) is 12.2. The SMILES string of the molecule is Cc1cc(Nc2cncc(Nc3ccc4c(c3)NC(=O)CC4)n2)n[nH]1. The van der Waals surface area contributed by atoms with Crippen molar-refractivity contribution in [1.29, 1.82) is 0 Å². The first kappa shape index (κ1) is 15.1. The van der Waals surface area contributed by atoms with Crippen molar-refractivity contribution in [2.24, 2.45) is 0 Å². The fourth-order valence-electron chi connectivity index (χ4n) is 2.70. The van der Waals surface area contributed by atoms with Gasteiger partial charge >= 0.3 is 0 Å². The highest BCUT2D eigenvalue weighted by Crippen LogP contribution is 2.27. The highest BCUT2D eigenvalue weighted by Gasteiger charge is 2.14. The molecule has 8 nitrogen and oxygen atoms in total. The second-order valence-corrected chi connectivity index (χ2v) is 5.90. The zero-order chi connectivity index (χ0) is 17.2. The summed E-state index contributed by atoms with van der Waals surface area (Å²) in [5, 5.41) is 16.2. The smallest absolute Gasteiger partial charge is 0.224 e. The van der Waals surface area contributed by atoms with E-state index in [0.717, 1.165) is 29.1 Å². The van der Waals surface area contributed by atoms with Crippen LogP contribution in [0.5, 0.6) is 0 Å². The van der Waals surface area contributed by atoms with Gasteiger partial charge in [-0.3, -0.25) is 14.9 Å². The van der Waals surface area contributed by atoms with Crippen molar-refractivity contribution in [1.82, 2.24) is 20.2 Å². The lowest BCUT2D eigenvalue weighted by molar-refractivity contribution is -0.116. The lowest BCUT2D eigenvalue weighted by Gasteiger charge is -2.18. The van der Waals surface area contributed by atoms with Crippen LogP contribution < -0.4 is 16.0 Å². The first-order valence-corrected chi connectivity index (χ1v) is 7.96. The van der Waals surface area contributed by atoms with Crippen LogP contribution in [-0.2, 0) is 11.2 Å². The fraction of sp³-hybridized carbons (Fsp3) is 0.176. The average Bonchev–Trinajstić information content (AvgIpc) is 3.00. The molecular weight excluding hydrogens is 318 g/mol. The van der Waals surface area contributed by atoms with Crippen LogP contribution in [0.15, 0.2) is 36.7 Å². The maximum Gasteiger partial charge on any atom is 0.224 e. The molecule has 0 aliphatic carbocycles. The zero-order valence-corrected chi connectivity index (χ0v) is 13.6. The summed E-state index contributed by atoms with van der Waals surface area (Å²) in [5.41, 5.74) is 3.78. The molecule has 1 aliphatic rings. The van der Waals surface area contributed by atoms with Crippen molar-refractivity contribution >= 4 is 34.7 Å². The van der Waals surface area contributed by atoms with E-state index in [1.54, 1.807) is 12.4 Å². The topological polar surface area (TPSA) is 108 Å². The standard InChI is InChI=1S/C17H17N7O/c1-10-6-14(24-23-10)21-16-9-18-8-15(22-16)19-12-4-2-11-3-5-17(25)20-13(11)7-12/h2,4,6-9H,3,5H2,1H3,(H,20,25)(H3,19,21,22,23,24). The maximum absolute atomic E-state index is 11.5. The molecule has 0 atom stereocenters. The van der Waals surface area contributed by atoms with E-state index in [1.165, 1.54) is 0 Å². The molecule has 0 fully saturated rings. The van der Waals surface area contributed by atoms with Crippen molar-refractivity contribution in [3.8, 4) is 0 Å². The second-order valence-electron chi connectivity index (χ2n) is 5.90. The third-order valence-electron chi connectivity index (χ3n) is 3.87. The number of hydrogen-bond acceptors (Lipinski definition) is 6. The Balaban J connectivity index is 1.52. The van der Waals surface area contributed by atoms with Gasteiger partial charge in [0.1, 0.15) is 0 Å². The van der Waals surface area contributed by atoms with Crippen LogP contribution in [0.3, 0.4) is 0 Å². The normalized spacial score (nSPS) is 13.1. The van der Waals surface area contributed by atoms with Gasteiger partial charge in [-0.1, -0.05) is 6.07 Å². The molecule has 1 aromatic carbocycles. The summed E-state index contributed by atoms with van der Waals surface area (Å²) in [7, 11) is 0. The summed E-state index contributed by atoms with van der Waals surface area (Å²) in [6.45, 7) is 1.93. The maximum atomic E-state index is 11.5. The molecule has 0 bridgehead atoms. The van der Waals surface area contributed by atoms with Crippen LogP contribution in [0.2, 0.25) is 0 Å². The van der Waals surface area contributed by atoms with Gasteiger partial charge in [-0.05, 0) is 31.0 Å². The molecule has 25 heavy (non-hydrogen) atoms. The molecule has 1 amide bonds. The molecule has 4 N–H and O–H groups in total. The Morgan fingerprint density at radius 1 is 1.04 bits per heavy atom. The number of nitrogens with one attached hydrogen (secondary N) is 4. The minimum atomic E-state index is 0.0462. The summed E-state index contributed by atoms with van der Waals surface area (Å²) in [6.07, 6.45) is 4.57. The molecule has 0 unspecified atom stereocenters. The monoisotopic (exact) mass is 335 g/mol. The van der Waals surface area contributed by atoms with Gasteiger partial charge in [-0.15, -0.1) is 0 Å². The summed E-state index contributed by atoms with van der Waals surface area (Å²) in [6, 6.07) is 7.77. The fourth-order valence-corrected chi connectivity index (χ4v) is 2.70. The minimum absolute atomic E-state index is 0.0462. The summed E-state index contributed by atoms with van der Waals surface area (Å²) in [5.74, 6) is 1.91. The minimum Gasteiger partial charge on any atom is -0.339 e. The lowest BCUT2D eigenvalue weighted by atomic mass is 10.0. The lowest BCUT2D eigenvalue weighted by Crippen LogP contribution is -2.18. The number of carbonyl (C=O) groups is 1. The van der Waals surface area contributed by atoms with Gasteiger partial charge in [-0.2, -0.15) is 5.10 Å². The second kappa shape index (κ2) is 6.23. The Bertz CT molecular complexity index is 934. The highest BCUT2D eigenvalue weighted by molar-refractivity contribution is 5.94. The number of rotatable bonds is 4. The quantitative estimate of drug-likeness (QED) is 0.584. The van der Waals surface area contributed by atoms with Gasteiger partial charge in [0.15, 0.2) is 17.5 Å². The van der Waals surface area contributed by atoms with Crippen molar-refractivity contribution in [2.75, 3.05) is 16.0 Å². The summed E-state index contributed by atoms with van der Waals surface area (Å²) < 4.78 is 0. The number of nitrogens with zero attached hydrogens (tertiary/aromatic N) is 3. The number of aryl methyl sites for hydroxylation is 2. The Morgan fingerprint density at radius 2 is 1.88 bits per heavy atom. The van der Waals surface area contributed by atoms with Crippen molar-refractivity contribution < 1.29 is 4.79 Å². The number of aromatic nitrogens is 4. The molecule has 0 saturated carbocycles. The number of hydrogen-bond donors (Lipinski definition) is 4. The van der Waals surface area contributed by atoms with E-state index in [-0.39, 0.29) is 5.91 Å². The Kier molecular flexibility index (Phi) is 3.77. The molecule has 3 aromatic rings. The van der Waals surface area contributed by atoms with Crippen molar-refractivity contribution in [2.45, 2.75) is 19.8 Å². The predicted molar refractivity (Wildman–Crippen MR) is 95.3 cm³/mol. The Morgan fingerprint density at radius 3 is 2.68 bits per heavy atom. The van der Waals surface area contributed by atoms with Crippen LogP contribution >= 0.6 is 0 Å². The zero-order valence-electron chi connectivity index (χ0n) is 13.6. The van der Waals surface area contributed by atoms with E-state index in [2.05, 4.69) is 36.1 Å². The van der Waals surface area contributed by atoms with Gasteiger partial charge in [0.05, 0.1) is 12.4 Å². The van der Waals surface area contributed by atoms with Gasteiger partial charge < -0.3 is 16.0 Å². The summed E-state index contributed by atoms with van der Waals surface area (Å²) in [4.78, 5) is 20.2. The van der Waals surface area contributed by atoms with Crippen LogP contribution in [0, 0.1) is 6.92 Å². The van der Waals surface area contributed by atoms with E-state index in [1.807, 2.05) is 31.2 Å². The van der Waals surface area contributed by atoms with Gasteiger partial charge in [0, 0.05) is 29.6 Å². The number of fused-ring (bicyclic) bond motifs is 1. The van der Waals surface area contributed by atoms with Crippen LogP contribution in [-0.4, -0.2) is 26.1 Å². The van der Waals surface area contributed by atoms with Crippen LogP contribution in [0.4, 0.5) is 28.8 Å². The molecule has 1 aliphatic heterocycles. The first-order valence-electron chi connectivity index (χ1n) is 7.96. The number of aromatic amines is 1. The van der Waals surface area contributed by atoms with E-state index in [4.69, 9.17) is 0 Å². The molecule has 0 radical (unpaired) electrons. The summed E-state index contributed by atoms with van der Waals surface area (Å²) >= 11 is 0. The van der Waals surface area contributed by atoms with Crippen LogP contribution in [0.25, 0.3) is 0 Å². The van der Waals surface area contributed by atoms with Gasteiger partial charge in [0.25, 0.3) is 0 Å². The Labute approximate surface area is 144 Å². The largest absolute Gasteiger partial charge is 0.339 e. The molecule has 4 rings (SSSR count). The molecule has 126 valence electrons. The number of anilines is 5. The molecule has 0 spiro atoms. The molecule has 8 heteroatoms. The van der Waals surface area contributed by atoms with E-state index < -0.39 is 0 Å². The number of H-pyrrole nitrogens is 1.